The van der Waals surface area contributed by atoms with Crippen molar-refractivity contribution in [2.75, 3.05) is 6.54 Å². The van der Waals surface area contributed by atoms with Crippen LogP contribution in [0.4, 0.5) is 4.79 Å². The van der Waals surface area contributed by atoms with Gasteiger partial charge < -0.3 is 16.0 Å². The molecule has 3 amide bonds. The molecule has 0 aromatic heterocycles. The molecule has 5 heteroatoms. The Hall–Kier alpha value is -2.04. The van der Waals surface area contributed by atoms with Crippen LogP contribution in [-0.4, -0.2) is 30.6 Å². The van der Waals surface area contributed by atoms with Crippen LogP contribution in [0.1, 0.15) is 63.9 Å². The predicted octanol–water partition coefficient (Wildman–Crippen LogP) is 3.54. The SMILES string of the molecule is CC(CCc1ccccc1)NC(=O)CCCNC(=O)NC1CCCCC1. The van der Waals surface area contributed by atoms with E-state index >= 15 is 0 Å². The van der Waals surface area contributed by atoms with Crippen molar-refractivity contribution in [2.45, 2.75) is 76.8 Å². The van der Waals surface area contributed by atoms with E-state index in [1.807, 2.05) is 25.1 Å². The van der Waals surface area contributed by atoms with Gasteiger partial charge in [-0.3, -0.25) is 4.79 Å². The summed E-state index contributed by atoms with van der Waals surface area (Å²) in [6, 6.07) is 10.7. The summed E-state index contributed by atoms with van der Waals surface area (Å²) in [7, 11) is 0. The Morgan fingerprint density at radius 1 is 1.12 bits per heavy atom. The fraction of sp³-hybridized carbons (Fsp3) is 0.619. The van der Waals surface area contributed by atoms with Gasteiger partial charge in [-0.1, -0.05) is 49.6 Å². The summed E-state index contributed by atoms with van der Waals surface area (Å²) in [5.41, 5.74) is 1.29. The average Bonchev–Trinajstić information content (AvgIpc) is 2.65. The highest BCUT2D eigenvalue weighted by Crippen LogP contribution is 2.17. The van der Waals surface area contributed by atoms with E-state index in [0.717, 1.165) is 25.7 Å². The molecule has 1 atom stereocenters. The number of nitrogens with one attached hydrogen (secondary N) is 3. The molecule has 5 nitrogen and oxygen atoms in total. The Bertz CT molecular complexity index is 541. The van der Waals surface area contributed by atoms with Crippen molar-refractivity contribution in [1.29, 1.82) is 0 Å². The second kappa shape index (κ2) is 11.6. The van der Waals surface area contributed by atoms with Gasteiger partial charge in [0.15, 0.2) is 0 Å². The zero-order valence-corrected chi connectivity index (χ0v) is 15.9. The van der Waals surface area contributed by atoms with Gasteiger partial charge in [0.25, 0.3) is 0 Å². The third kappa shape index (κ3) is 8.37. The normalized spacial score (nSPS) is 15.9. The van der Waals surface area contributed by atoms with E-state index in [-0.39, 0.29) is 18.0 Å². The Labute approximate surface area is 157 Å². The van der Waals surface area contributed by atoms with E-state index < -0.39 is 0 Å². The van der Waals surface area contributed by atoms with Crippen molar-refractivity contribution in [2.24, 2.45) is 0 Å². The number of hydrogen-bond donors (Lipinski definition) is 3. The highest BCUT2D eigenvalue weighted by atomic mass is 16.2. The molecule has 0 radical (unpaired) electrons. The van der Waals surface area contributed by atoms with Gasteiger partial charge in [0.05, 0.1) is 0 Å². The Kier molecular flexibility index (Phi) is 9.01. The monoisotopic (exact) mass is 359 g/mol. The summed E-state index contributed by atoms with van der Waals surface area (Å²) in [6.07, 6.45) is 8.84. The number of amides is 3. The van der Waals surface area contributed by atoms with Crippen LogP contribution < -0.4 is 16.0 Å². The van der Waals surface area contributed by atoms with E-state index in [1.54, 1.807) is 0 Å². The highest BCUT2D eigenvalue weighted by Gasteiger charge is 2.15. The van der Waals surface area contributed by atoms with Crippen LogP contribution in [0.25, 0.3) is 0 Å². The molecule has 0 bridgehead atoms. The van der Waals surface area contributed by atoms with E-state index in [1.165, 1.54) is 24.8 Å². The molecule has 2 rings (SSSR count). The molecule has 1 fully saturated rings. The van der Waals surface area contributed by atoms with Crippen molar-refractivity contribution >= 4 is 11.9 Å². The molecule has 0 spiro atoms. The van der Waals surface area contributed by atoms with Gasteiger partial charge >= 0.3 is 6.03 Å². The molecular formula is C21H33N3O2. The Morgan fingerprint density at radius 3 is 2.58 bits per heavy atom. The van der Waals surface area contributed by atoms with Crippen LogP contribution in [0, 0.1) is 0 Å². The third-order valence-electron chi connectivity index (χ3n) is 4.92. The maximum absolute atomic E-state index is 12.0. The minimum atomic E-state index is -0.103. The fourth-order valence-corrected chi connectivity index (χ4v) is 3.38. The van der Waals surface area contributed by atoms with Crippen LogP contribution in [0.5, 0.6) is 0 Å². The molecule has 1 aromatic rings. The number of aryl methyl sites for hydroxylation is 1. The molecule has 144 valence electrons. The van der Waals surface area contributed by atoms with Crippen molar-refractivity contribution in [3.8, 4) is 0 Å². The van der Waals surface area contributed by atoms with E-state index in [9.17, 15) is 9.59 Å². The summed E-state index contributed by atoms with van der Waals surface area (Å²) in [4.78, 5) is 23.8. The number of hydrogen-bond acceptors (Lipinski definition) is 2. The maximum Gasteiger partial charge on any atom is 0.315 e. The minimum absolute atomic E-state index is 0.0556. The van der Waals surface area contributed by atoms with Crippen LogP contribution >= 0.6 is 0 Å². The zero-order valence-electron chi connectivity index (χ0n) is 15.9. The summed E-state index contributed by atoms with van der Waals surface area (Å²) >= 11 is 0. The Balaban J connectivity index is 1.50. The third-order valence-corrected chi connectivity index (χ3v) is 4.92. The van der Waals surface area contributed by atoms with Gasteiger partial charge in [-0.05, 0) is 44.6 Å². The van der Waals surface area contributed by atoms with E-state index in [0.29, 0.717) is 25.4 Å². The van der Waals surface area contributed by atoms with Crippen molar-refractivity contribution in [3.05, 3.63) is 35.9 Å². The van der Waals surface area contributed by atoms with Crippen LogP contribution in [0.15, 0.2) is 30.3 Å². The second-order valence-corrected chi connectivity index (χ2v) is 7.33. The number of benzene rings is 1. The maximum atomic E-state index is 12.0. The van der Waals surface area contributed by atoms with Crippen molar-refractivity contribution < 1.29 is 9.59 Å². The van der Waals surface area contributed by atoms with Crippen molar-refractivity contribution in [3.63, 3.8) is 0 Å². The minimum Gasteiger partial charge on any atom is -0.354 e. The summed E-state index contributed by atoms with van der Waals surface area (Å²) in [5.74, 6) is 0.0556. The molecule has 1 aromatic carbocycles. The molecule has 26 heavy (non-hydrogen) atoms. The quantitative estimate of drug-likeness (QED) is 0.590. The first-order valence-corrected chi connectivity index (χ1v) is 10.0. The lowest BCUT2D eigenvalue weighted by Crippen LogP contribution is -2.43. The lowest BCUT2D eigenvalue weighted by Gasteiger charge is -2.22. The summed E-state index contributed by atoms with van der Waals surface area (Å²) in [5, 5.41) is 8.91. The molecule has 1 unspecified atom stereocenters. The molecule has 1 aliphatic carbocycles. The first-order valence-electron chi connectivity index (χ1n) is 10.0. The van der Waals surface area contributed by atoms with E-state index in [2.05, 4.69) is 28.1 Å². The first kappa shape index (κ1) is 20.3. The Morgan fingerprint density at radius 2 is 1.85 bits per heavy atom. The molecule has 0 aliphatic heterocycles. The smallest absolute Gasteiger partial charge is 0.315 e. The largest absolute Gasteiger partial charge is 0.354 e. The molecule has 0 heterocycles. The van der Waals surface area contributed by atoms with Crippen LogP contribution in [0.2, 0.25) is 0 Å². The summed E-state index contributed by atoms with van der Waals surface area (Å²) < 4.78 is 0. The van der Waals surface area contributed by atoms with Gasteiger partial charge in [-0.2, -0.15) is 0 Å². The van der Waals surface area contributed by atoms with Crippen LogP contribution in [0.3, 0.4) is 0 Å². The fourth-order valence-electron chi connectivity index (χ4n) is 3.38. The standard InChI is InChI=1S/C21H33N3O2/c1-17(14-15-18-9-4-2-5-10-18)23-20(25)13-8-16-22-21(26)24-19-11-6-3-7-12-19/h2,4-5,9-10,17,19H,3,6-8,11-16H2,1H3,(H,23,25)(H2,22,24,26). The second-order valence-electron chi connectivity index (χ2n) is 7.33. The van der Waals surface area contributed by atoms with E-state index in [4.69, 9.17) is 0 Å². The molecule has 1 aliphatic rings. The first-order chi connectivity index (χ1) is 12.6. The predicted molar refractivity (Wildman–Crippen MR) is 105 cm³/mol. The average molecular weight is 360 g/mol. The number of urea groups is 1. The van der Waals surface area contributed by atoms with Crippen molar-refractivity contribution in [1.82, 2.24) is 16.0 Å². The van der Waals surface area contributed by atoms with Gasteiger partial charge in [0.1, 0.15) is 0 Å². The topological polar surface area (TPSA) is 70.2 Å². The zero-order chi connectivity index (χ0) is 18.6. The lowest BCUT2D eigenvalue weighted by molar-refractivity contribution is -0.121. The lowest BCUT2D eigenvalue weighted by atomic mass is 9.96. The number of carbonyl (C=O) groups excluding carboxylic acids is 2. The molecule has 0 saturated heterocycles. The molecular weight excluding hydrogens is 326 g/mol. The number of carbonyl (C=O) groups is 2. The van der Waals surface area contributed by atoms with Gasteiger partial charge in [0, 0.05) is 25.0 Å². The molecule has 1 saturated carbocycles. The number of rotatable bonds is 9. The van der Waals surface area contributed by atoms with Gasteiger partial charge in [-0.25, -0.2) is 4.79 Å². The van der Waals surface area contributed by atoms with Gasteiger partial charge in [-0.15, -0.1) is 0 Å². The highest BCUT2D eigenvalue weighted by molar-refractivity contribution is 5.76. The van der Waals surface area contributed by atoms with Crippen LogP contribution in [-0.2, 0) is 11.2 Å². The molecule has 3 N–H and O–H groups in total. The van der Waals surface area contributed by atoms with Gasteiger partial charge in [0.2, 0.25) is 5.91 Å². The summed E-state index contributed by atoms with van der Waals surface area (Å²) in [6.45, 7) is 2.57.